The highest BCUT2D eigenvalue weighted by molar-refractivity contribution is 8.26. The van der Waals surface area contributed by atoms with Gasteiger partial charge in [-0.3, -0.25) is 29.0 Å². The number of hydrogen-bond acceptors (Lipinski definition) is 25. The van der Waals surface area contributed by atoms with Crippen LogP contribution in [-0.2, 0) is 33.3 Å². The first-order valence-corrected chi connectivity index (χ1v) is 51.9. The van der Waals surface area contributed by atoms with Crippen LogP contribution in [0.1, 0.15) is 70.8 Å². The molecule has 19 nitrogen and oxygen atoms in total. The van der Waals surface area contributed by atoms with Gasteiger partial charge in [-0.05, 0) is 117 Å². The Bertz CT molecular complexity index is 3970. The SMILES string of the molecule is CN(CCO)c1cc2c(s1)-c1sc(C=O)cc1[Si]2(C)C.CN1C(=O)/C(=C\c2cc3c(s2)-c2sc(N(C)CCOC(=O)NCCOCCOCCCCCCCl)cc2[Si]3(C)C)SC1=S.CN1C(=O)S/C(=C/c2cc3c(s2)-c2sc(N(C)CCO)cc2[Si]3(C)C)C1=O.NCCOCCOCCCCCCCl. The Kier molecular flexibility index (Phi) is 33.8. The number of nitrogens with one attached hydrogen (secondary N) is 1. The van der Waals surface area contributed by atoms with Gasteiger partial charge in [-0.15, -0.1) is 91.2 Å². The first-order valence-electron chi connectivity index (χ1n) is 34.9. The Balaban J connectivity index is 0.000000191. The lowest BCUT2D eigenvalue weighted by Gasteiger charge is -2.19. The second kappa shape index (κ2) is 40.9. The van der Waals surface area contributed by atoms with Crippen LogP contribution in [0.5, 0.6) is 0 Å². The number of unbranched alkanes of at least 4 members (excludes halogenated alkanes) is 6. The summed E-state index contributed by atoms with van der Waals surface area (Å²) in [5, 5.41) is 33.0. The molecule has 0 aromatic carbocycles. The molecule has 104 heavy (non-hydrogen) atoms. The van der Waals surface area contributed by atoms with Crippen molar-refractivity contribution in [2.45, 2.75) is 90.6 Å². The van der Waals surface area contributed by atoms with Crippen molar-refractivity contribution in [3.63, 3.8) is 0 Å². The number of fused-ring (bicyclic) bond motifs is 9. The zero-order valence-electron chi connectivity index (χ0n) is 61.3. The second-order valence-corrected chi connectivity index (χ2v) is 49.6. The van der Waals surface area contributed by atoms with Crippen LogP contribution in [0.2, 0.25) is 39.3 Å². The van der Waals surface area contributed by atoms with E-state index in [1.54, 1.807) is 75.1 Å². The van der Waals surface area contributed by atoms with Crippen molar-refractivity contribution < 1.29 is 57.9 Å². The highest BCUT2D eigenvalue weighted by Crippen LogP contribution is 2.46. The second-order valence-electron chi connectivity index (χ2n) is 26.9. The molecule has 6 aromatic heterocycles. The van der Waals surface area contributed by atoms with Crippen LogP contribution in [0.3, 0.4) is 0 Å². The van der Waals surface area contributed by atoms with Crippen molar-refractivity contribution in [2.24, 2.45) is 5.73 Å². The number of hydrogen-bond donors (Lipinski definition) is 4. The number of anilines is 3. The van der Waals surface area contributed by atoms with Gasteiger partial charge in [-0.25, -0.2) is 4.79 Å². The molecule has 5 aliphatic heterocycles. The Labute approximate surface area is 663 Å². The normalized spacial score (nSPS) is 16.0. The van der Waals surface area contributed by atoms with Gasteiger partial charge in [0.15, 0.2) is 6.29 Å². The number of amides is 4. The van der Waals surface area contributed by atoms with E-state index in [4.69, 9.17) is 69.9 Å². The molecular formula is C71H99Cl2N7O12S9Si3. The van der Waals surface area contributed by atoms with Crippen molar-refractivity contribution in [2.75, 3.05) is 167 Å². The summed E-state index contributed by atoms with van der Waals surface area (Å²) in [5.74, 6) is 1.24. The lowest BCUT2D eigenvalue weighted by Crippen LogP contribution is -2.48. The number of thioether (sulfide) groups is 2. The van der Waals surface area contributed by atoms with Gasteiger partial charge in [0.1, 0.15) is 35.1 Å². The zero-order chi connectivity index (χ0) is 75.5. The fraction of sp³-hybridized carbons (Fsp3) is 0.521. The van der Waals surface area contributed by atoms with Crippen LogP contribution < -0.4 is 56.9 Å². The summed E-state index contributed by atoms with van der Waals surface area (Å²) in [5.41, 5.74) is 5.26. The Morgan fingerprint density at radius 1 is 0.519 bits per heavy atom. The monoisotopic (exact) mass is 1680 g/mol. The lowest BCUT2D eigenvalue weighted by atomic mass is 10.2. The number of ether oxygens (including phenoxy) is 5. The van der Waals surface area contributed by atoms with Gasteiger partial charge >= 0.3 is 6.09 Å². The molecule has 11 heterocycles. The molecule has 4 amide bonds. The summed E-state index contributed by atoms with van der Waals surface area (Å²) >= 11 is 29.3. The number of alkyl halides is 2. The average Bonchev–Trinajstić information content (AvgIpc) is 1.57. The highest BCUT2D eigenvalue weighted by atomic mass is 35.5. The number of carbonyl (C=O) groups is 5. The third-order valence-corrected chi connectivity index (χ3v) is 40.2. The van der Waals surface area contributed by atoms with Gasteiger partial charge < -0.3 is 59.6 Å². The average molecular weight is 1690 g/mol. The van der Waals surface area contributed by atoms with E-state index in [2.05, 4.69) is 95.7 Å². The number of aliphatic hydroxyl groups is 2. The van der Waals surface area contributed by atoms with Crippen molar-refractivity contribution in [1.82, 2.24) is 15.1 Å². The molecule has 2 saturated heterocycles. The highest BCUT2D eigenvalue weighted by Gasteiger charge is 2.45. The molecule has 33 heteroatoms. The van der Waals surface area contributed by atoms with E-state index >= 15 is 0 Å². The molecule has 0 aliphatic carbocycles. The lowest BCUT2D eigenvalue weighted by molar-refractivity contribution is -0.122. The smallest absolute Gasteiger partial charge is 0.407 e. The maximum absolute atomic E-state index is 12.5. The molecule has 0 unspecified atom stereocenters. The Hall–Kier alpha value is -3.63. The minimum atomic E-state index is -1.85. The van der Waals surface area contributed by atoms with Crippen LogP contribution >= 0.6 is 127 Å². The summed E-state index contributed by atoms with van der Waals surface area (Å²) in [6, 6.07) is 13.4. The summed E-state index contributed by atoms with van der Waals surface area (Å²) in [6.07, 6.45) is 13.4. The molecule has 5 N–H and O–H groups in total. The number of likely N-dealkylation sites (N-methyl/N-ethyl adjacent to an activating group) is 5. The minimum absolute atomic E-state index is 0.0358. The van der Waals surface area contributed by atoms with Crippen LogP contribution in [-0.4, -0.2) is 230 Å². The van der Waals surface area contributed by atoms with Crippen molar-refractivity contribution in [1.29, 1.82) is 0 Å². The third kappa shape index (κ3) is 21.7. The Morgan fingerprint density at radius 3 is 1.29 bits per heavy atom. The summed E-state index contributed by atoms with van der Waals surface area (Å²) in [7, 11) is 4.01. The van der Waals surface area contributed by atoms with Crippen molar-refractivity contribution >= 4 is 243 Å². The quantitative estimate of drug-likeness (QED) is 0.00716. The van der Waals surface area contributed by atoms with Gasteiger partial charge in [0.2, 0.25) is 0 Å². The van der Waals surface area contributed by atoms with Gasteiger partial charge in [-0.1, -0.05) is 88.9 Å². The van der Waals surface area contributed by atoms with Crippen molar-refractivity contribution in [3.05, 3.63) is 60.8 Å². The molecule has 5 aliphatic rings. The van der Waals surface area contributed by atoms with E-state index in [-0.39, 0.29) is 36.9 Å². The molecule has 2 fully saturated rings. The molecule has 0 saturated carbocycles. The van der Waals surface area contributed by atoms with Gasteiger partial charge in [-0.2, -0.15) is 0 Å². The van der Waals surface area contributed by atoms with Crippen LogP contribution in [0.25, 0.3) is 41.4 Å². The van der Waals surface area contributed by atoms with E-state index in [1.165, 1.54) is 107 Å². The number of imide groups is 1. The number of rotatable bonds is 36. The van der Waals surface area contributed by atoms with E-state index < -0.39 is 30.3 Å². The van der Waals surface area contributed by atoms with Gasteiger partial charge in [0.05, 0.1) is 89.1 Å². The number of thiophene rings is 6. The topological polar surface area (TPSA) is 226 Å². The van der Waals surface area contributed by atoms with Crippen LogP contribution in [0.4, 0.5) is 24.6 Å². The van der Waals surface area contributed by atoms with Gasteiger partial charge in [0, 0.05) is 125 Å². The fourth-order valence-corrected chi connectivity index (χ4v) is 35.7. The molecule has 0 radical (unpaired) electrons. The molecule has 0 atom stereocenters. The third-order valence-electron chi connectivity index (χ3n) is 18.2. The molecule has 6 aromatic rings. The minimum Gasteiger partial charge on any atom is -0.448 e. The van der Waals surface area contributed by atoms with Crippen LogP contribution in [0.15, 0.2) is 46.2 Å². The first-order chi connectivity index (χ1) is 49.8. The number of carbonyl (C=O) groups excluding carboxylic acids is 5. The van der Waals surface area contributed by atoms with E-state index in [0.29, 0.717) is 86.5 Å². The predicted octanol–water partition coefficient (Wildman–Crippen LogP) is 11.8. The van der Waals surface area contributed by atoms with E-state index in [1.807, 2.05) is 33.3 Å². The van der Waals surface area contributed by atoms with Gasteiger partial charge in [0.25, 0.3) is 17.1 Å². The standard InChI is InChI=1S/C29H40ClN3O5S4Si.C18H20N2O3S3Si.C14H17NO2S2Si.C10H22ClNO2/c1-32(11-14-38-28(35)31-10-13-37-16-15-36-12-8-6-5-7-9-30)24-19-23-26(42-24)25-22(43(23,3)4)18-20(40-25)17-21-27(34)33(2)29(39)41-21;1-19(5-6-21)14-9-13-16(26-14)15-12(27(13,3)4)8-10(24-15)7-11-17(22)20(2)18(23)25-11;1-15(4-5-16)12-7-11-14(19-12)13-10(20(11,2)3)6-9(8-17)18-13;11-5-3-1-2-4-7-13-9-10-14-8-6-12/h17-19H,5-16H2,1-4H3,(H,31,35);7-9,21H,5-6H2,1-4H3;6-8,16H,4-5H2,1-3H3;1-10,12H2/b21-17+;11-7+;;. The molecule has 570 valence electrons. The van der Waals surface area contributed by atoms with Crippen LogP contribution in [0, 0.1) is 0 Å². The summed E-state index contributed by atoms with van der Waals surface area (Å²) in [4.78, 5) is 80.6. The molecule has 0 bridgehead atoms. The fourth-order valence-electron chi connectivity index (χ4n) is 11.9. The number of aliphatic hydroxyl groups excluding tert-OH is 2. The number of nitrogens with zero attached hydrogens (tertiary/aromatic N) is 5. The largest absolute Gasteiger partial charge is 0.448 e. The molecule has 0 spiro atoms. The summed E-state index contributed by atoms with van der Waals surface area (Å²) < 4.78 is 27.6. The summed E-state index contributed by atoms with van der Waals surface area (Å²) in [6.45, 7) is 22.6. The number of aldehydes is 1. The number of nitrogens with two attached hydrogens (primary N) is 1. The first kappa shape index (κ1) is 86.0. The van der Waals surface area contributed by atoms with E-state index in [0.717, 1.165) is 106 Å². The molecular weight excluding hydrogens is 1590 g/mol. The zero-order valence-corrected chi connectivity index (χ0v) is 73.2. The number of alkyl carbamates (subject to hydrolysis) is 1. The molecule has 11 rings (SSSR count). The number of thiocarbonyl (C=S) groups is 1. The maximum Gasteiger partial charge on any atom is 0.407 e. The Morgan fingerprint density at radius 2 is 0.894 bits per heavy atom. The predicted molar refractivity (Wildman–Crippen MR) is 457 cm³/mol. The maximum atomic E-state index is 12.5. The van der Waals surface area contributed by atoms with Crippen molar-refractivity contribution in [3.8, 4) is 29.3 Å². The van der Waals surface area contributed by atoms with E-state index in [9.17, 15) is 29.1 Å². The number of halogens is 2.